The molecule has 0 saturated carbocycles. The van der Waals surface area contributed by atoms with Crippen molar-refractivity contribution in [3.63, 3.8) is 0 Å². The molecule has 0 rings (SSSR count). The van der Waals surface area contributed by atoms with Gasteiger partial charge in [0.2, 0.25) is 0 Å². The third-order valence-corrected chi connectivity index (χ3v) is 3.86. The van der Waals surface area contributed by atoms with Crippen LogP contribution in [-0.2, 0) is 0 Å². The van der Waals surface area contributed by atoms with E-state index in [1.54, 1.807) is 0 Å². The Hall–Kier alpha value is -0.0400. The quantitative estimate of drug-likeness (QED) is 0.462. The molecule has 0 aliphatic heterocycles. The van der Waals surface area contributed by atoms with E-state index in [1.165, 1.54) is 70.6 Å². The van der Waals surface area contributed by atoms with Gasteiger partial charge in [0.05, 0.1) is 0 Å². The minimum Gasteiger partial charge on any atom is -0.328 e. The van der Waals surface area contributed by atoms with Crippen molar-refractivity contribution in [2.75, 3.05) is 0 Å². The van der Waals surface area contributed by atoms with Crippen LogP contribution >= 0.6 is 0 Å². The van der Waals surface area contributed by atoms with Crippen LogP contribution in [0.25, 0.3) is 0 Å². The van der Waals surface area contributed by atoms with Crippen molar-refractivity contribution in [1.82, 2.24) is 0 Å². The lowest BCUT2D eigenvalue weighted by Crippen LogP contribution is -2.23. The minimum atomic E-state index is 0.457. The molecular formula is C16H35N. The van der Waals surface area contributed by atoms with Crippen LogP contribution in [0.5, 0.6) is 0 Å². The van der Waals surface area contributed by atoms with Crippen LogP contribution in [0.2, 0.25) is 0 Å². The second kappa shape index (κ2) is 12.4. The molecule has 0 aromatic heterocycles. The van der Waals surface area contributed by atoms with Crippen molar-refractivity contribution in [2.24, 2.45) is 11.7 Å². The van der Waals surface area contributed by atoms with Gasteiger partial charge >= 0.3 is 0 Å². The molecule has 0 fully saturated rings. The summed E-state index contributed by atoms with van der Waals surface area (Å²) in [4.78, 5) is 0. The number of rotatable bonds is 12. The molecule has 2 atom stereocenters. The Morgan fingerprint density at radius 2 is 1.41 bits per heavy atom. The van der Waals surface area contributed by atoms with Gasteiger partial charge in [0, 0.05) is 6.04 Å². The van der Waals surface area contributed by atoms with Gasteiger partial charge in [-0.25, -0.2) is 0 Å². The first kappa shape index (κ1) is 17.0. The lowest BCUT2D eigenvalue weighted by molar-refractivity contribution is 0.369. The van der Waals surface area contributed by atoms with E-state index < -0.39 is 0 Å². The summed E-state index contributed by atoms with van der Waals surface area (Å²) < 4.78 is 0. The molecule has 0 amide bonds. The van der Waals surface area contributed by atoms with E-state index >= 15 is 0 Å². The van der Waals surface area contributed by atoms with Gasteiger partial charge in [0.25, 0.3) is 0 Å². The topological polar surface area (TPSA) is 26.0 Å². The van der Waals surface area contributed by atoms with E-state index in [1.807, 2.05) is 0 Å². The Morgan fingerprint density at radius 3 is 2.00 bits per heavy atom. The van der Waals surface area contributed by atoms with Crippen LogP contribution < -0.4 is 5.73 Å². The second-order valence-electron chi connectivity index (χ2n) is 5.62. The van der Waals surface area contributed by atoms with Crippen molar-refractivity contribution in [2.45, 2.75) is 97.4 Å². The fourth-order valence-electron chi connectivity index (χ4n) is 2.54. The van der Waals surface area contributed by atoms with Crippen LogP contribution in [0, 0.1) is 5.92 Å². The molecule has 17 heavy (non-hydrogen) atoms. The van der Waals surface area contributed by atoms with E-state index in [0.717, 1.165) is 5.92 Å². The molecule has 0 bridgehead atoms. The standard InChI is InChI=1S/C16H35N/c1-4-7-9-10-11-13-16(17)14-15(6-3)12-8-5-2/h15-16H,4-14,17H2,1-3H3. The molecule has 2 N–H and O–H groups in total. The van der Waals surface area contributed by atoms with E-state index in [-0.39, 0.29) is 0 Å². The van der Waals surface area contributed by atoms with Gasteiger partial charge in [0.1, 0.15) is 0 Å². The highest BCUT2D eigenvalue weighted by molar-refractivity contribution is 4.68. The Balaban J connectivity index is 3.49. The average Bonchev–Trinajstić information content (AvgIpc) is 2.34. The van der Waals surface area contributed by atoms with Crippen molar-refractivity contribution >= 4 is 0 Å². The first-order valence-corrected chi connectivity index (χ1v) is 8.00. The van der Waals surface area contributed by atoms with Crippen LogP contribution in [0.15, 0.2) is 0 Å². The van der Waals surface area contributed by atoms with Crippen LogP contribution in [0.1, 0.15) is 91.4 Å². The van der Waals surface area contributed by atoms with Crippen molar-refractivity contribution in [3.8, 4) is 0 Å². The normalized spacial score (nSPS) is 14.8. The van der Waals surface area contributed by atoms with Gasteiger partial charge < -0.3 is 5.73 Å². The van der Waals surface area contributed by atoms with E-state index in [2.05, 4.69) is 20.8 Å². The van der Waals surface area contributed by atoms with E-state index in [0.29, 0.717) is 6.04 Å². The van der Waals surface area contributed by atoms with Gasteiger partial charge in [-0.3, -0.25) is 0 Å². The minimum absolute atomic E-state index is 0.457. The lowest BCUT2D eigenvalue weighted by atomic mass is 9.90. The Morgan fingerprint density at radius 1 is 0.765 bits per heavy atom. The smallest absolute Gasteiger partial charge is 0.00414 e. The van der Waals surface area contributed by atoms with Gasteiger partial charge in [-0.05, 0) is 18.8 Å². The highest BCUT2D eigenvalue weighted by atomic mass is 14.6. The molecule has 0 aromatic carbocycles. The maximum absolute atomic E-state index is 6.24. The van der Waals surface area contributed by atoms with Crippen LogP contribution in [0.3, 0.4) is 0 Å². The number of hydrogen-bond donors (Lipinski definition) is 1. The average molecular weight is 241 g/mol. The predicted octanol–water partition coefficient (Wildman–Crippen LogP) is 5.28. The van der Waals surface area contributed by atoms with Gasteiger partial charge in [-0.2, -0.15) is 0 Å². The second-order valence-corrected chi connectivity index (χ2v) is 5.62. The Labute approximate surface area is 110 Å². The predicted molar refractivity (Wildman–Crippen MR) is 79.3 cm³/mol. The summed E-state index contributed by atoms with van der Waals surface area (Å²) in [7, 11) is 0. The third-order valence-electron chi connectivity index (χ3n) is 3.86. The first-order chi connectivity index (χ1) is 8.24. The van der Waals surface area contributed by atoms with Gasteiger partial charge in [-0.1, -0.05) is 78.6 Å². The zero-order valence-electron chi connectivity index (χ0n) is 12.5. The fraction of sp³-hybridized carbons (Fsp3) is 1.00. The molecule has 0 aromatic rings. The highest BCUT2D eigenvalue weighted by Crippen LogP contribution is 2.20. The summed E-state index contributed by atoms with van der Waals surface area (Å²) >= 11 is 0. The maximum Gasteiger partial charge on any atom is 0.00414 e. The van der Waals surface area contributed by atoms with Crippen LogP contribution in [-0.4, -0.2) is 6.04 Å². The Bertz CT molecular complexity index is 144. The molecule has 0 aliphatic rings. The largest absolute Gasteiger partial charge is 0.328 e. The fourth-order valence-corrected chi connectivity index (χ4v) is 2.54. The molecule has 0 spiro atoms. The molecule has 104 valence electrons. The first-order valence-electron chi connectivity index (χ1n) is 8.00. The maximum atomic E-state index is 6.24. The van der Waals surface area contributed by atoms with Gasteiger partial charge in [-0.15, -0.1) is 0 Å². The molecule has 0 radical (unpaired) electrons. The van der Waals surface area contributed by atoms with Gasteiger partial charge in [0.15, 0.2) is 0 Å². The van der Waals surface area contributed by atoms with E-state index in [9.17, 15) is 0 Å². The van der Waals surface area contributed by atoms with Crippen molar-refractivity contribution < 1.29 is 0 Å². The zero-order valence-corrected chi connectivity index (χ0v) is 12.5. The summed E-state index contributed by atoms with van der Waals surface area (Å²) in [6.07, 6.45) is 14.7. The number of unbranched alkanes of at least 4 members (excludes halogenated alkanes) is 5. The molecular weight excluding hydrogens is 206 g/mol. The summed E-state index contributed by atoms with van der Waals surface area (Å²) in [5.74, 6) is 0.876. The highest BCUT2D eigenvalue weighted by Gasteiger charge is 2.11. The van der Waals surface area contributed by atoms with Crippen molar-refractivity contribution in [3.05, 3.63) is 0 Å². The third kappa shape index (κ3) is 10.8. The lowest BCUT2D eigenvalue weighted by Gasteiger charge is -2.19. The molecule has 2 unspecified atom stereocenters. The molecule has 1 heteroatoms. The molecule has 0 saturated heterocycles. The Kier molecular flexibility index (Phi) is 12.4. The number of nitrogens with two attached hydrogens (primary N) is 1. The summed E-state index contributed by atoms with van der Waals surface area (Å²) in [5, 5.41) is 0. The van der Waals surface area contributed by atoms with Crippen molar-refractivity contribution in [1.29, 1.82) is 0 Å². The zero-order chi connectivity index (χ0) is 12.9. The summed E-state index contributed by atoms with van der Waals surface area (Å²) in [5.41, 5.74) is 6.24. The number of hydrogen-bond acceptors (Lipinski definition) is 1. The van der Waals surface area contributed by atoms with Crippen LogP contribution in [0.4, 0.5) is 0 Å². The monoisotopic (exact) mass is 241 g/mol. The SMILES string of the molecule is CCCCCCCC(N)CC(CC)CCCC. The molecule has 1 nitrogen and oxygen atoms in total. The van der Waals surface area contributed by atoms with E-state index in [4.69, 9.17) is 5.73 Å². The molecule has 0 heterocycles. The summed E-state index contributed by atoms with van der Waals surface area (Å²) in [6, 6.07) is 0.457. The molecule has 0 aliphatic carbocycles. The summed E-state index contributed by atoms with van der Waals surface area (Å²) in [6.45, 7) is 6.86.